The Balaban J connectivity index is 0.000000229. The van der Waals surface area contributed by atoms with E-state index in [9.17, 15) is 14.4 Å². The number of anilines is 11. The summed E-state index contributed by atoms with van der Waals surface area (Å²) >= 11 is 41.3. The Morgan fingerprint density at radius 2 is 0.771 bits per heavy atom. The number of carbonyl (C=O) groups excluding carboxylic acids is 3. The number of nitrogen functional groups attached to an aromatic ring is 2. The summed E-state index contributed by atoms with van der Waals surface area (Å²) in [5.41, 5.74) is 15.7. The molecule has 30 heteroatoms. The number of ether oxygens (including phenoxy) is 2. The number of benzene rings is 4. The van der Waals surface area contributed by atoms with Crippen LogP contribution in [0.3, 0.4) is 0 Å². The van der Waals surface area contributed by atoms with Crippen LogP contribution in [0.15, 0.2) is 152 Å². The monoisotopic (exact) mass is 1480 g/mol. The first-order chi connectivity index (χ1) is 39.0. The summed E-state index contributed by atoms with van der Waals surface area (Å²) in [5, 5.41) is 18.2. The van der Waals surface area contributed by atoms with Crippen molar-refractivity contribution >= 4 is 203 Å². The van der Waals surface area contributed by atoms with Gasteiger partial charge in [-0.05, 0) is 231 Å². The van der Waals surface area contributed by atoms with Gasteiger partial charge < -0.3 is 42.2 Å². The van der Waals surface area contributed by atoms with Gasteiger partial charge in [-0.1, -0.05) is 42.4 Å². The van der Waals surface area contributed by atoms with Gasteiger partial charge in [0.15, 0.2) is 0 Å². The van der Waals surface area contributed by atoms with Gasteiger partial charge in [0.25, 0.3) is 0 Å². The van der Waals surface area contributed by atoms with E-state index in [2.05, 4.69) is 142 Å². The Bertz CT molecular complexity index is 3510. The molecular formula is C53H51Br4Cl5N16O5. The van der Waals surface area contributed by atoms with Gasteiger partial charge in [-0.3, -0.25) is 15.4 Å². The van der Waals surface area contributed by atoms with E-state index in [-0.39, 0.29) is 27.0 Å². The third kappa shape index (κ3) is 27.5. The Hall–Kier alpha value is -6.68. The van der Waals surface area contributed by atoms with Crippen molar-refractivity contribution in [2.75, 3.05) is 43.4 Å². The molecule has 0 aliphatic rings. The number of nitrogens with zero attached hydrogens (tertiary/aromatic N) is 8. The molecule has 8 aromatic rings. The van der Waals surface area contributed by atoms with Crippen molar-refractivity contribution in [3.63, 3.8) is 0 Å². The molecule has 0 aliphatic carbocycles. The normalized spacial score (nSPS) is 10.4. The molecule has 0 radical (unpaired) electrons. The first kappa shape index (κ1) is 68.8. The number of amides is 3. The van der Waals surface area contributed by atoms with Gasteiger partial charge in [0.05, 0.1) is 17.9 Å². The lowest BCUT2D eigenvalue weighted by molar-refractivity contribution is -0.111. The molecule has 0 unspecified atom stereocenters. The lowest BCUT2D eigenvalue weighted by Gasteiger charge is -2.19. The maximum Gasteiger partial charge on any atom is 0.412 e. The molecular weight excluding hydrogens is 1440 g/mol. The molecule has 21 nitrogen and oxygen atoms in total. The maximum absolute atomic E-state index is 11.8. The van der Waals surface area contributed by atoms with Crippen molar-refractivity contribution in [1.29, 1.82) is 0 Å². The molecule has 0 saturated carbocycles. The van der Waals surface area contributed by atoms with Crippen LogP contribution in [0.25, 0.3) is 0 Å². The number of halogens is 9. The highest BCUT2D eigenvalue weighted by Crippen LogP contribution is 2.29. The predicted octanol–water partition coefficient (Wildman–Crippen LogP) is 17.1. The molecule has 4 aromatic carbocycles. The van der Waals surface area contributed by atoms with E-state index >= 15 is 0 Å². The number of nitrogens with one attached hydrogen (secondary N) is 6. The number of rotatable bonds is 10. The summed E-state index contributed by atoms with van der Waals surface area (Å²) in [6, 6.07) is 28.6. The van der Waals surface area contributed by atoms with Crippen molar-refractivity contribution < 1.29 is 23.9 Å². The second-order valence-corrected chi connectivity index (χ2v) is 23.1. The zero-order valence-corrected chi connectivity index (χ0v) is 54.6. The molecule has 4 aromatic heterocycles. The number of aromatic nitrogens is 8. The van der Waals surface area contributed by atoms with Crippen LogP contribution in [0.5, 0.6) is 0 Å². The molecule has 4 heterocycles. The number of hydrogen-bond acceptors (Lipinski definition) is 18. The van der Waals surface area contributed by atoms with Gasteiger partial charge in [-0.2, -0.15) is 15.0 Å². The largest absolute Gasteiger partial charge is 0.444 e. The van der Waals surface area contributed by atoms with Crippen LogP contribution < -0.4 is 43.4 Å². The molecule has 83 heavy (non-hydrogen) atoms. The average molecular weight is 1490 g/mol. The van der Waals surface area contributed by atoms with E-state index in [1.54, 1.807) is 100 Å². The molecule has 0 atom stereocenters. The number of hydrogen-bond donors (Lipinski definition) is 8. The van der Waals surface area contributed by atoms with Gasteiger partial charge in [0.1, 0.15) is 33.8 Å². The van der Waals surface area contributed by atoms with Crippen molar-refractivity contribution in [1.82, 2.24) is 39.9 Å². The highest BCUT2D eigenvalue weighted by atomic mass is 79.9. The van der Waals surface area contributed by atoms with Crippen molar-refractivity contribution in [3.05, 3.63) is 179 Å². The summed E-state index contributed by atoms with van der Waals surface area (Å²) in [5.74, 6) is 1.40. The van der Waals surface area contributed by atoms with Crippen LogP contribution in [0, 0.1) is 0 Å². The van der Waals surface area contributed by atoms with Crippen molar-refractivity contribution in [2.24, 2.45) is 0 Å². The molecule has 0 bridgehead atoms. The van der Waals surface area contributed by atoms with Crippen molar-refractivity contribution in [3.8, 4) is 0 Å². The van der Waals surface area contributed by atoms with Gasteiger partial charge >= 0.3 is 12.2 Å². The van der Waals surface area contributed by atoms with Gasteiger partial charge in [-0.15, -0.1) is 0 Å². The third-order valence-electron chi connectivity index (χ3n) is 8.85. The second-order valence-electron chi connectivity index (χ2n) is 18.0. The van der Waals surface area contributed by atoms with E-state index < -0.39 is 23.4 Å². The summed E-state index contributed by atoms with van der Waals surface area (Å²) in [7, 11) is 0. The predicted molar refractivity (Wildman–Crippen MR) is 347 cm³/mol. The molecule has 0 spiro atoms. The standard InChI is InChI=1S/C15H16BrClN4O2.C13H10BrClN4O.C11H16N2O2.C10H8BrClN4.C4HBrCl2N2/c1-15(2,3)23-14(22)20-10-6-4-5-9(7-10)19-12-11(16)8-18-13(17)21-12;1-2-11(20)17-8-4-3-5-9(6-8)18-12-10(14)7-16-13(15)19-12;1-11(2,3)15-10(14)13-9-6-4-5-8(12)7-9;11-8-5-14-10(12)16-9(8)15-7-3-1-2-6(13)4-7;5-2-1-8-4(7)9-3(2)6/h4-8H,1-3H3,(H,20,22)(H,18,19,21);2-7H,1H2,(H,17,20)(H,16,18,19);4-7H,12H2,1-3H3,(H,13,14);1-5H,13H2,(H,14,15,16);1H. The summed E-state index contributed by atoms with van der Waals surface area (Å²) in [6.07, 6.45) is 6.42. The molecule has 0 aliphatic heterocycles. The van der Waals surface area contributed by atoms with Crippen LogP contribution in [0.1, 0.15) is 41.5 Å². The Morgan fingerprint density at radius 1 is 0.470 bits per heavy atom. The van der Waals surface area contributed by atoms with Crippen LogP contribution in [0.4, 0.5) is 72.5 Å². The fourth-order valence-electron chi connectivity index (χ4n) is 5.65. The Labute approximate surface area is 536 Å². The van der Waals surface area contributed by atoms with E-state index in [0.717, 1.165) is 21.5 Å². The fraction of sp³-hybridized carbons (Fsp3) is 0.151. The highest BCUT2D eigenvalue weighted by molar-refractivity contribution is 9.11. The smallest absolute Gasteiger partial charge is 0.412 e. The maximum atomic E-state index is 11.8. The topological polar surface area (TPSA) is 297 Å². The zero-order chi connectivity index (χ0) is 61.4. The minimum absolute atomic E-state index is 0.138. The molecule has 8 rings (SSSR count). The quantitative estimate of drug-likeness (QED) is 0.0273. The van der Waals surface area contributed by atoms with Crippen LogP contribution in [-0.2, 0) is 14.3 Å². The first-order valence-corrected chi connectivity index (χ1v) is 28.6. The van der Waals surface area contributed by atoms with Crippen LogP contribution >= 0.6 is 122 Å². The average Bonchev–Trinajstić information content (AvgIpc) is 3.47. The van der Waals surface area contributed by atoms with E-state index in [4.69, 9.17) is 78.9 Å². The zero-order valence-electron chi connectivity index (χ0n) is 44.5. The third-order valence-corrected chi connectivity index (χ3v) is 12.4. The molecule has 436 valence electrons. The molecule has 0 fully saturated rings. The summed E-state index contributed by atoms with van der Waals surface area (Å²) in [6.45, 7) is 14.3. The Morgan fingerprint density at radius 3 is 1.11 bits per heavy atom. The minimum atomic E-state index is -0.553. The van der Waals surface area contributed by atoms with E-state index in [0.29, 0.717) is 64.5 Å². The van der Waals surface area contributed by atoms with Crippen LogP contribution in [-0.4, -0.2) is 69.2 Å². The highest BCUT2D eigenvalue weighted by Gasteiger charge is 2.18. The molecule has 10 N–H and O–H groups in total. The molecule has 0 saturated heterocycles. The van der Waals surface area contributed by atoms with Gasteiger partial charge in [0, 0.05) is 70.3 Å². The van der Waals surface area contributed by atoms with E-state index in [1.165, 1.54) is 12.3 Å². The lowest BCUT2D eigenvalue weighted by atomic mass is 10.2. The Kier molecular flexibility index (Phi) is 27.8. The second kappa shape index (κ2) is 33.6. The molecule has 3 amide bonds. The fourth-order valence-corrected chi connectivity index (χ4v) is 7.42. The minimum Gasteiger partial charge on any atom is -0.444 e. The SMILES string of the molecule is C=CC(=O)Nc1cccc(Nc2nc(Cl)ncc2Br)c1.CC(C)(C)OC(=O)Nc1cccc(N)c1.CC(C)(C)OC(=O)Nc1cccc(Nc2nc(Cl)ncc2Br)c1.Clc1ncc(Br)c(Cl)n1.Nc1cccc(Nc2nc(Cl)ncc2Br)c1. The van der Waals surface area contributed by atoms with Gasteiger partial charge in [-0.25, -0.2) is 34.5 Å². The summed E-state index contributed by atoms with van der Waals surface area (Å²) < 4.78 is 13.0. The number of nitrogens with two attached hydrogens (primary N) is 2. The number of carbonyl (C=O) groups is 3. The summed E-state index contributed by atoms with van der Waals surface area (Å²) in [4.78, 5) is 65.5. The lowest BCUT2D eigenvalue weighted by Crippen LogP contribution is -2.27. The van der Waals surface area contributed by atoms with Gasteiger partial charge in [0.2, 0.25) is 27.0 Å². The van der Waals surface area contributed by atoms with E-state index in [1.807, 2.05) is 57.2 Å². The van der Waals surface area contributed by atoms with Crippen LogP contribution in [0.2, 0.25) is 26.3 Å². The first-order valence-electron chi connectivity index (χ1n) is 23.6. The van der Waals surface area contributed by atoms with Crippen molar-refractivity contribution in [2.45, 2.75) is 52.7 Å².